The van der Waals surface area contributed by atoms with E-state index in [0.29, 0.717) is 42.0 Å². The van der Waals surface area contributed by atoms with Gasteiger partial charge in [-0.1, -0.05) is 36.4 Å². The highest BCUT2D eigenvalue weighted by Crippen LogP contribution is 2.30. The average molecular weight is 453 g/mol. The van der Waals surface area contributed by atoms with Crippen molar-refractivity contribution in [2.45, 2.75) is 19.1 Å². The molecule has 0 saturated carbocycles. The number of rotatable bonds is 5. The van der Waals surface area contributed by atoms with Gasteiger partial charge in [0.05, 0.1) is 5.56 Å². The molecule has 0 aliphatic carbocycles. The largest absolute Gasteiger partial charge is 0.416 e. The number of alkyl halides is 3. The first-order chi connectivity index (χ1) is 15.8. The predicted molar refractivity (Wildman–Crippen MR) is 120 cm³/mol. The van der Waals surface area contributed by atoms with Gasteiger partial charge in [0.15, 0.2) is 0 Å². The molecule has 1 aliphatic rings. The van der Waals surface area contributed by atoms with Crippen molar-refractivity contribution in [1.82, 2.24) is 4.90 Å². The summed E-state index contributed by atoms with van der Waals surface area (Å²) in [7, 11) is 0. The van der Waals surface area contributed by atoms with Gasteiger partial charge in [0.1, 0.15) is 0 Å². The van der Waals surface area contributed by atoms with Crippen LogP contribution in [0.15, 0.2) is 78.9 Å². The number of anilines is 2. The lowest BCUT2D eigenvalue weighted by Crippen LogP contribution is -2.49. The van der Waals surface area contributed by atoms with E-state index in [-0.39, 0.29) is 18.5 Å². The fourth-order valence-corrected chi connectivity index (χ4v) is 3.78. The molecule has 0 unspecified atom stereocenters. The van der Waals surface area contributed by atoms with Crippen molar-refractivity contribution >= 4 is 23.3 Å². The van der Waals surface area contributed by atoms with Crippen LogP contribution in [0.5, 0.6) is 0 Å². The Hall–Kier alpha value is -3.81. The minimum absolute atomic E-state index is 0.0870. The molecule has 170 valence electrons. The Labute approximate surface area is 189 Å². The molecule has 1 heterocycles. The number of nitrogens with zero attached hydrogens (tertiary/aromatic N) is 2. The van der Waals surface area contributed by atoms with Gasteiger partial charge < -0.3 is 10.2 Å². The van der Waals surface area contributed by atoms with Gasteiger partial charge in [-0.2, -0.15) is 13.2 Å². The van der Waals surface area contributed by atoms with E-state index in [9.17, 15) is 22.8 Å². The van der Waals surface area contributed by atoms with Crippen LogP contribution < -0.4 is 10.2 Å². The maximum absolute atomic E-state index is 13.1. The predicted octanol–water partition coefficient (Wildman–Crippen LogP) is 5.79. The summed E-state index contributed by atoms with van der Waals surface area (Å²) in [4.78, 5) is 28.7. The lowest BCUT2D eigenvalue weighted by molar-refractivity contribution is -0.137. The second-order valence-electron chi connectivity index (χ2n) is 7.78. The average Bonchev–Trinajstić information content (AvgIpc) is 2.81. The third-order valence-corrected chi connectivity index (χ3v) is 5.39. The molecule has 1 aliphatic heterocycles. The summed E-state index contributed by atoms with van der Waals surface area (Å²) in [6, 6.07) is 20.5. The number of urea groups is 1. The van der Waals surface area contributed by atoms with Crippen LogP contribution in [0.4, 0.5) is 29.3 Å². The van der Waals surface area contributed by atoms with E-state index in [2.05, 4.69) is 5.32 Å². The van der Waals surface area contributed by atoms with Crippen molar-refractivity contribution < 1.29 is 22.8 Å². The van der Waals surface area contributed by atoms with Gasteiger partial charge in [0.2, 0.25) is 0 Å². The Balaban J connectivity index is 1.48. The van der Waals surface area contributed by atoms with E-state index >= 15 is 0 Å². The molecule has 0 aromatic heterocycles. The van der Waals surface area contributed by atoms with Crippen LogP contribution in [-0.4, -0.2) is 29.9 Å². The van der Waals surface area contributed by atoms with Gasteiger partial charge in [-0.15, -0.1) is 0 Å². The van der Waals surface area contributed by atoms with Crippen LogP contribution in [-0.2, 0) is 12.7 Å². The van der Waals surface area contributed by atoms with Gasteiger partial charge in [0, 0.05) is 36.6 Å². The number of benzene rings is 3. The molecule has 3 amide bonds. The summed E-state index contributed by atoms with van der Waals surface area (Å²) in [6.45, 7) is 1.02. The fraction of sp³-hybridized carbons (Fsp3) is 0.200. The molecule has 0 bridgehead atoms. The van der Waals surface area contributed by atoms with Crippen LogP contribution in [0.25, 0.3) is 0 Å². The quantitative estimate of drug-likeness (QED) is 0.532. The Morgan fingerprint density at radius 1 is 0.909 bits per heavy atom. The van der Waals surface area contributed by atoms with Crippen LogP contribution in [0.2, 0.25) is 0 Å². The van der Waals surface area contributed by atoms with Crippen molar-refractivity contribution in [3.63, 3.8) is 0 Å². The summed E-state index contributed by atoms with van der Waals surface area (Å²) in [5, 5.41) is 2.83. The highest BCUT2D eigenvalue weighted by Gasteiger charge is 2.31. The van der Waals surface area contributed by atoms with Crippen LogP contribution in [0, 0.1) is 0 Å². The Kier molecular flexibility index (Phi) is 6.35. The molecule has 33 heavy (non-hydrogen) atoms. The Morgan fingerprint density at radius 3 is 2.42 bits per heavy atom. The normalized spacial score (nSPS) is 14.3. The minimum atomic E-state index is -4.43. The van der Waals surface area contributed by atoms with Crippen molar-refractivity contribution in [2.24, 2.45) is 0 Å². The zero-order valence-electron chi connectivity index (χ0n) is 17.7. The standard InChI is InChI=1S/C25H22F3N3O2/c26-25(27,28)20-10-4-7-18(15-20)17-30-13-6-14-31(24(30)33)22-12-5-11-21(16-22)29-23(32)19-8-2-1-3-9-19/h1-5,7-12,15-16H,6,13-14,17H2,(H,29,32). The van der Waals surface area contributed by atoms with E-state index in [0.717, 1.165) is 12.1 Å². The highest BCUT2D eigenvalue weighted by atomic mass is 19.4. The topological polar surface area (TPSA) is 52.7 Å². The van der Waals surface area contributed by atoms with E-state index in [1.54, 1.807) is 59.5 Å². The fourth-order valence-electron chi connectivity index (χ4n) is 3.78. The van der Waals surface area contributed by atoms with Crippen molar-refractivity contribution in [3.05, 3.63) is 95.6 Å². The summed E-state index contributed by atoms with van der Waals surface area (Å²) in [6.07, 6.45) is -3.76. The minimum Gasteiger partial charge on any atom is -0.322 e. The summed E-state index contributed by atoms with van der Waals surface area (Å²) in [5.74, 6) is -0.260. The molecule has 3 aromatic carbocycles. The smallest absolute Gasteiger partial charge is 0.322 e. The summed E-state index contributed by atoms with van der Waals surface area (Å²) >= 11 is 0. The van der Waals surface area contributed by atoms with E-state index in [1.165, 1.54) is 11.0 Å². The first kappa shape index (κ1) is 22.4. The van der Waals surface area contributed by atoms with Gasteiger partial charge in [0.25, 0.3) is 5.91 Å². The van der Waals surface area contributed by atoms with Gasteiger partial charge >= 0.3 is 12.2 Å². The van der Waals surface area contributed by atoms with E-state index < -0.39 is 11.7 Å². The molecule has 5 nitrogen and oxygen atoms in total. The Bertz CT molecular complexity index is 1150. The van der Waals surface area contributed by atoms with Gasteiger partial charge in [-0.25, -0.2) is 4.79 Å². The zero-order valence-corrected chi connectivity index (χ0v) is 17.7. The molecule has 4 rings (SSSR count). The lowest BCUT2D eigenvalue weighted by Gasteiger charge is -2.36. The molecular formula is C25H22F3N3O2. The van der Waals surface area contributed by atoms with Crippen LogP contribution in [0.3, 0.4) is 0 Å². The lowest BCUT2D eigenvalue weighted by atomic mass is 10.1. The third kappa shape index (κ3) is 5.34. The second-order valence-corrected chi connectivity index (χ2v) is 7.78. The van der Waals surface area contributed by atoms with Crippen LogP contribution in [0.1, 0.15) is 27.9 Å². The molecule has 1 N–H and O–H groups in total. The summed E-state index contributed by atoms with van der Waals surface area (Å²) < 4.78 is 39.1. The number of carbonyl (C=O) groups excluding carboxylic acids is 2. The molecule has 0 radical (unpaired) electrons. The monoisotopic (exact) mass is 453 g/mol. The molecule has 0 spiro atoms. The number of carbonyl (C=O) groups is 2. The maximum Gasteiger partial charge on any atom is 0.416 e. The van der Waals surface area contributed by atoms with Crippen molar-refractivity contribution in [1.29, 1.82) is 0 Å². The molecular weight excluding hydrogens is 431 g/mol. The molecule has 0 atom stereocenters. The molecule has 8 heteroatoms. The van der Waals surface area contributed by atoms with E-state index in [1.807, 2.05) is 6.07 Å². The van der Waals surface area contributed by atoms with Gasteiger partial charge in [-0.3, -0.25) is 9.69 Å². The Morgan fingerprint density at radius 2 is 1.67 bits per heavy atom. The number of halogens is 3. The molecule has 1 fully saturated rings. The number of hydrogen-bond acceptors (Lipinski definition) is 2. The molecule has 3 aromatic rings. The SMILES string of the molecule is O=C(Nc1cccc(N2CCCN(Cc3cccc(C(F)(F)F)c3)C2=O)c1)c1ccccc1. The van der Waals surface area contributed by atoms with Crippen LogP contribution >= 0.6 is 0 Å². The van der Waals surface area contributed by atoms with E-state index in [4.69, 9.17) is 0 Å². The second kappa shape index (κ2) is 9.36. The summed E-state index contributed by atoms with van der Waals surface area (Å²) in [5.41, 5.74) is 1.36. The number of amides is 3. The highest BCUT2D eigenvalue weighted by molar-refractivity contribution is 6.04. The van der Waals surface area contributed by atoms with Crippen molar-refractivity contribution in [2.75, 3.05) is 23.3 Å². The number of nitrogens with one attached hydrogen (secondary N) is 1. The molecule has 1 saturated heterocycles. The first-order valence-corrected chi connectivity index (χ1v) is 10.5. The number of hydrogen-bond donors (Lipinski definition) is 1. The first-order valence-electron chi connectivity index (χ1n) is 10.5. The van der Waals surface area contributed by atoms with Gasteiger partial charge in [-0.05, 0) is 54.4 Å². The third-order valence-electron chi connectivity index (χ3n) is 5.39. The zero-order chi connectivity index (χ0) is 23.4. The maximum atomic E-state index is 13.1. The van der Waals surface area contributed by atoms with Crippen molar-refractivity contribution in [3.8, 4) is 0 Å².